The van der Waals surface area contributed by atoms with E-state index in [1.54, 1.807) is 33.1 Å². The SMILES string of the molecule is COc1cc(C)c(S(=O)(=O)N2CCCC2COCC(=O)N2CCN(c3ccccc3)CC2)c(C)c1. The van der Waals surface area contributed by atoms with Crippen LogP contribution in [0, 0.1) is 13.8 Å². The lowest BCUT2D eigenvalue weighted by Crippen LogP contribution is -2.50. The Labute approximate surface area is 208 Å². The fraction of sp³-hybridized carbons (Fsp3) is 0.500. The molecular formula is C26H35N3O5S. The van der Waals surface area contributed by atoms with Gasteiger partial charge >= 0.3 is 0 Å². The molecule has 2 heterocycles. The summed E-state index contributed by atoms with van der Waals surface area (Å²) in [5.74, 6) is 0.593. The number of carbonyl (C=O) groups is 1. The van der Waals surface area contributed by atoms with Gasteiger partial charge in [-0.1, -0.05) is 18.2 Å². The third kappa shape index (κ3) is 5.63. The fourth-order valence-corrected chi connectivity index (χ4v) is 7.17. The predicted molar refractivity (Wildman–Crippen MR) is 135 cm³/mol. The normalized spacial score (nSPS) is 19.2. The van der Waals surface area contributed by atoms with E-state index in [9.17, 15) is 13.2 Å². The van der Waals surface area contributed by atoms with Crippen LogP contribution in [0.1, 0.15) is 24.0 Å². The van der Waals surface area contributed by atoms with Gasteiger partial charge < -0.3 is 19.3 Å². The van der Waals surface area contributed by atoms with Crippen molar-refractivity contribution in [2.45, 2.75) is 37.6 Å². The third-order valence-electron chi connectivity index (χ3n) is 6.85. The molecule has 1 unspecified atom stereocenters. The highest BCUT2D eigenvalue weighted by atomic mass is 32.2. The topological polar surface area (TPSA) is 79.4 Å². The number of ether oxygens (including phenoxy) is 2. The Morgan fingerprint density at radius 1 is 1.00 bits per heavy atom. The second-order valence-electron chi connectivity index (χ2n) is 9.22. The maximum Gasteiger partial charge on any atom is 0.248 e. The highest BCUT2D eigenvalue weighted by Gasteiger charge is 2.37. The number of anilines is 1. The zero-order valence-electron chi connectivity index (χ0n) is 20.8. The molecule has 0 bridgehead atoms. The standard InChI is InChI=1S/C26H35N3O5S/c1-20-16-24(33-3)17-21(2)26(20)35(31,32)29-11-7-10-23(29)18-34-19-25(30)28-14-12-27(13-15-28)22-8-5-4-6-9-22/h4-6,8-9,16-17,23H,7,10-15,18-19H2,1-3H3. The maximum absolute atomic E-state index is 13.5. The van der Waals surface area contributed by atoms with Gasteiger partial charge in [-0.2, -0.15) is 4.31 Å². The highest BCUT2D eigenvalue weighted by molar-refractivity contribution is 7.89. The number of methoxy groups -OCH3 is 1. The first-order chi connectivity index (χ1) is 16.8. The van der Waals surface area contributed by atoms with Crippen LogP contribution in [0.5, 0.6) is 5.75 Å². The molecule has 190 valence electrons. The van der Waals surface area contributed by atoms with E-state index in [4.69, 9.17) is 9.47 Å². The van der Waals surface area contributed by atoms with Gasteiger partial charge in [0, 0.05) is 44.5 Å². The average Bonchev–Trinajstić information content (AvgIpc) is 3.33. The Kier molecular flexibility index (Phi) is 7.98. The van der Waals surface area contributed by atoms with Crippen molar-refractivity contribution in [3.8, 4) is 5.75 Å². The Bertz CT molecular complexity index is 1110. The number of amides is 1. The van der Waals surface area contributed by atoms with E-state index in [0.717, 1.165) is 25.9 Å². The number of para-hydroxylation sites is 1. The summed E-state index contributed by atoms with van der Waals surface area (Å²) >= 11 is 0. The lowest BCUT2D eigenvalue weighted by molar-refractivity contribution is -0.136. The summed E-state index contributed by atoms with van der Waals surface area (Å²) in [6.07, 6.45) is 1.49. The van der Waals surface area contributed by atoms with Gasteiger partial charge in [-0.25, -0.2) is 8.42 Å². The monoisotopic (exact) mass is 501 g/mol. The number of hydrogen-bond acceptors (Lipinski definition) is 6. The first-order valence-corrected chi connectivity index (χ1v) is 13.6. The van der Waals surface area contributed by atoms with Gasteiger partial charge in [0.25, 0.3) is 0 Å². The van der Waals surface area contributed by atoms with E-state index < -0.39 is 10.0 Å². The molecule has 0 radical (unpaired) electrons. The third-order valence-corrected chi connectivity index (χ3v) is 9.11. The molecule has 8 nitrogen and oxygen atoms in total. The van der Waals surface area contributed by atoms with Crippen molar-refractivity contribution in [3.63, 3.8) is 0 Å². The summed E-state index contributed by atoms with van der Waals surface area (Å²) in [6.45, 7) is 7.08. The second kappa shape index (κ2) is 11.0. The minimum atomic E-state index is -3.68. The Morgan fingerprint density at radius 3 is 2.29 bits per heavy atom. The molecule has 2 aromatic rings. The maximum atomic E-state index is 13.5. The Morgan fingerprint density at radius 2 is 1.66 bits per heavy atom. The van der Waals surface area contributed by atoms with Crippen LogP contribution in [0.3, 0.4) is 0 Å². The molecule has 4 rings (SSSR count). The van der Waals surface area contributed by atoms with E-state index in [1.165, 1.54) is 9.99 Å². The summed E-state index contributed by atoms with van der Waals surface area (Å²) < 4.78 is 39.6. The first kappa shape index (κ1) is 25.5. The Hall–Kier alpha value is -2.62. The van der Waals surface area contributed by atoms with Crippen LogP contribution in [0.4, 0.5) is 5.69 Å². The van der Waals surface area contributed by atoms with Crippen LogP contribution >= 0.6 is 0 Å². The van der Waals surface area contributed by atoms with Gasteiger partial charge in [0.15, 0.2) is 0 Å². The number of aryl methyl sites for hydroxylation is 2. The van der Waals surface area contributed by atoms with Crippen LogP contribution in [0.15, 0.2) is 47.4 Å². The second-order valence-corrected chi connectivity index (χ2v) is 11.0. The number of benzene rings is 2. The molecule has 1 amide bonds. The van der Waals surface area contributed by atoms with Crippen LogP contribution in [0.25, 0.3) is 0 Å². The van der Waals surface area contributed by atoms with Gasteiger partial charge in [0.05, 0.1) is 18.6 Å². The number of rotatable bonds is 8. The van der Waals surface area contributed by atoms with Crippen molar-refractivity contribution in [3.05, 3.63) is 53.6 Å². The van der Waals surface area contributed by atoms with Gasteiger partial charge in [0.1, 0.15) is 12.4 Å². The molecule has 0 aliphatic carbocycles. The summed E-state index contributed by atoms with van der Waals surface area (Å²) in [4.78, 5) is 17.1. The molecule has 1 atom stereocenters. The minimum Gasteiger partial charge on any atom is -0.497 e. The first-order valence-electron chi connectivity index (χ1n) is 12.1. The summed E-state index contributed by atoms with van der Waals surface area (Å²) in [5, 5.41) is 0. The molecule has 9 heteroatoms. The molecule has 0 N–H and O–H groups in total. The lowest BCUT2D eigenvalue weighted by atomic mass is 10.1. The van der Waals surface area contributed by atoms with Crippen molar-refractivity contribution in [2.24, 2.45) is 0 Å². The van der Waals surface area contributed by atoms with Crippen LogP contribution in [-0.2, 0) is 19.6 Å². The van der Waals surface area contributed by atoms with Crippen molar-refractivity contribution in [1.29, 1.82) is 0 Å². The highest BCUT2D eigenvalue weighted by Crippen LogP contribution is 2.32. The van der Waals surface area contributed by atoms with Gasteiger partial charge in [0.2, 0.25) is 15.9 Å². The Balaban J connectivity index is 1.31. The molecule has 35 heavy (non-hydrogen) atoms. The van der Waals surface area contributed by atoms with E-state index in [0.29, 0.717) is 41.4 Å². The summed E-state index contributed by atoms with van der Waals surface area (Å²) in [6, 6.07) is 13.4. The number of hydrogen-bond donors (Lipinski definition) is 0. The lowest BCUT2D eigenvalue weighted by Gasteiger charge is -2.36. The molecule has 0 aromatic heterocycles. The van der Waals surface area contributed by atoms with Crippen LogP contribution in [-0.4, -0.2) is 82.6 Å². The zero-order chi connectivity index (χ0) is 25.0. The minimum absolute atomic E-state index is 0.0314. The zero-order valence-corrected chi connectivity index (χ0v) is 21.6. The van der Waals surface area contributed by atoms with Crippen molar-refractivity contribution in [2.75, 3.05) is 57.9 Å². The quantitative estimate of drug-likeness (QED) is 0.554. The van der Waals surface area contributed by atoms with E-state index in [-0.39, 0.29) is 25.2 Å². The summed E-state index contributed by atoms with van der Waals surface area (Å²) in [7, 11) is -2.11. The molecule has 2 aromatic carbocycles. The van der Waals surface area contributed by atoms with E-state index in [1.807, 2.05) is 23.1 Å². The molecule has 0 spiro atoms. The smallest absolute Gasteiger partial charge is 0.248 e. The molecule has 2 aliphatic heterocycles. The predicted octanol–water partition coefficient (Wildman–Crippen LogP) is 2.83. The molecule has 0 saturated carbocycles. The molecular weight excluding hydrogens is 466 g/mol. The van der Waals surface area contributed by atoms with Gasteiger partial charge in [-0.15, -0.1) is 0 Å². The van der Waals surface area contributed by atoms with Crippen LogP contribution < -0.4 is 9.64 Å². The number of nitrogens with zero attached hydrogens (tertiary/aromatic N) is 3. The van der Waals surface area contributed by atoms with Crippen molar-refractivity contribution in [1.82, 2.24) is 9.21 Å². The molecule has 2 aliphatic rings. The van der Waals surface area contributed by atoms with E-state index >= 15 is 0 Å². The fourth-order valence-electron chi connectivity index (χ4n) is 5.07. The van der Waals surface area contributed by atoms with Crippen LogP contribution in [0.2, 0.25) is 0 Å². The summed E-state index contributed by atoms with van der Waals surface area (Å²) in [5.41, 5.74) is 2.50. The average molecular weight is 502 g/mol. The molecule has 2 fully saturated rings. The largest absolute Gasteiger partial charge is 0.497 e. The number of sulfonamides is 1. The number of carbonyl (C=O) groups excluding carboxylic acids is 1. The van der Waals surface area contributed by atoms with Gasteiger partial charge in [-0.05, 0) is 62.1 Å². The van der Waals surface area contributed by atoms with E-state index in [2.05, 4.69) is 17.0 Å². The van der Waals surface area contributed by atoms with Crippen molar-refractivity contribution < 1.29 is 22.7 Å². The molecule has 2 saturated heterocycles. The number of piperazine rings is 1. The van der Waals surface area contributed by atoms with Crippen molar-refractivity contribution >= 4 is 21.6 Å². The van der Waals surface area contributed by atoms with Gasteiger partial charge in [-0.3, -0.25) is 4.79 Å².